The van der Waals surface area contributed by atoms with E-state index in [1.165, 1.54) is 115 Å². The van der Waals surface area contributed by atoms with Gasteiger partial charge in [-0.3, -0.25) is 0 Å². The van der Waals surface area contributed by atoms with Gasteiger partial charge in [0, 0.05) is 8.80 Å². The van der Waals surface area contributed by atoms with Gasteiger partial charge >= 0.3 is 0 Å². The van der Waals surface area contributed by atoms with E-state index < -0.39 is 8.80 Å². The lowest BCUT2D eigenvalue weighted by atomic mass is 10.1. The highest BCUT2D eigenvalue weighted by Gasteiger charge is 2.07. The zero-order valence-corrected chi connectivity index (χ0v) is 20.5. The Labute approximate surface area is 174 Å². The van der Waals surface area contributed by atoms with Crippen molar-refractivity contribution in [1.29, 1.82) is 0 Å². The molecule has 0 heterocycles. The fraction of sp³-hybridized carbons (Fsp3) is 0.846. The van der Waals surface area contributed by atoms with Crippen molar-refractivity contribution in [2.45, 2.75) is 142 Å². The van der Waals surface area contributed by atoms with E-state index in [4.69, 9.17) is 0 Å². The molecule has 0 spiro atoms. The van der Waals surface area contributed by atoms with Crippen LogP contribution < -0.4 is 0 Å². The third-order valence-corrected chi connectivity index (χ3v) is 8.79. The van der Waals surface area contributed by atoms with Gasteiger partial charge in [0.25, 0.3) is 0 Å². The maximum absolute atomic E-state index is 2.54. The third-order valence-electron chi connectivity index (χ3n) is 5.69. The van der Waals surface area contributed by atoms with Crippen LogP contribution in [0.5, 0.6) is 0 Å². The van der Waals surface area contributed by atoms with Gasteiger partial charge in [0.15, 0.2) is 0 Å². The van der Waals surface area contributed by atoms with Crippen molar-refractivity contribution in [2.75, 3.05) is 0 Å². The number of allylic oxidation sites excluding steroid dienone is 4. The summed E-state index contributed by atoms with van der Waals surface area (Å²) in [5.74, 6) is 0. The Kier molecular flexibility index (Phi) is 23.5. The van der Waals surface area contributed by atoms with Gasteiger partial charge in [-0.2, -0.15) is 0 Å². The SMILES string of the molecule is CCCCCC=CC[SiH](CC=CCCCCC)CCCCCCCCCC. The third kappa shape index (κ3) is 21.9. The first-order chi connectivity index (χ1) is 13.3. The summed E-state index contributed by atoms with van der Waals surface area (Å²) in [6, 6.07) is 4.43. The van der Waals surface area contributed by atoms with Crippen molar-refractivity contribution in [2.24, 2.45) is 0 Å². The Morgan fingerprint density at radius 1 is 0.444 bits per heavy atom. The lowest BCUT2D eigenvalue weighted by molar-refractivity contribution is 0.584. The molecule has 0 rings (SSSR count). The maximum Gasteiger partial charge on any atom is 0.0443 e. The number of rotatable bonds is 21. The molecule has 0 aliphatic carbocycles. The minimum atomic E-state index is -0.595. The minimum Gasteiger partial charge on any atom is -0.0914 e. The van der Waals surface area contributed by atoms with Crippen LogP contribution in [0.2, 0.25) is 18.1 Å². The number of unbranched alkanes of at least 4 members (excludes halogenated alkanes) is 13. The molecule has 160 valence electrons. The molecule has 0 aliphatic rings. The molecule has 0 aromatic rings. The van der Waals surface area contributed by atoms with Gasteiger partial charge in [-0.25, -0.2) is 0 Å². The van der Waals surface area contributed by atoms with Crippen molar-refractivity contribution in [1.82, 2.24) is 0 Å². The zero-order chi connectivity index (χ0) is 19.8. The quantitative estimate of drug-likeness (QED) is 0.104. The fourth-order valence-corrected chi connectivity index (χ4v) is 6.42. The van der Waals surface area contributed by atoms with Gasteiger partial charge in [-0.05, 0) is 37.8 Å². The van der Waals surface area contributed by atoms with Crippen molar-refractivity contribution in [3.8, 4) is 0 Å². The predicted molar refractivity (Wildman–Crippen MR) is 131 cm³/mol. The summed E-state index contributed by atoms with van der Waals surface area (Å²) in [5, 5.41) is 0. The average molecular weight is 393 g/mol. The topological polar surface area (TPSA) is 0 Å². The van der Waals surface area contributed by atoms with Crippen LogP contribution in [0.4, 0.5) is 0 Å². The Morgan fingerprint density at radius 2 is 0.852 bits per heavy atom. The minimum absolute atomic E-state index is 0.595. The van der Waals surface area contributed by atoms with Crippen LogP contribution in [-0.2, 0) is 0 Å². The lowest BCUT2D eigenvalue weighted by Crippen LogP contribution is -2.09. The van der Waals surface area contributed by atoms with E-state index in [-0.39, 0.29) is 0 Å². The van der Waals surface area contributed by atoms with E-state index >= 15 is 0 Å². The normalized spacial score (nSPS) is 13.1. The standard InChI is InChI=1S/C26H52Si/c1-4-7-10-13-16-17-20-23-26-27(24-21-18-14-11-8-5-2)25-22-19-15-12-9-6-3/h18-19,21-22,27H,4-17,20,23-26H2,1-3H3. The Balaban J connectivity index is 3.96. The molecule has 0 saturated carbocycles. The van der Waals surface area contributed by atoms with Crippen molar-refractivity contribution in [3.05, 3.63) is 24.3 Å². The maximum atomic E-state index is 2.54. The number of hydrogen-bond donors (Lipinski definition) is 0. The second-order valence-electron chi connectivity index (χ2n) is 8.54. The molecule has 0 atom stereocenters. The van der Waals surface area contributed by atoms with Crippen LogP contribution >= 0.6 is 0 Å². The molecule has 0 amide bonds. The highest BCUT2D eigenvalue weighted by Crippen LogP contribution is 2.16. The van der Waals surface area contributed by atoms with Gasteiger partial charge < -0.3 is 0 Å². The Hall–Kier alpha value is -0.303. The molecule has 0 radical (unpaired) electrons. The summed E-state index contributed by atoms with van der Waals surface area (Å²) >= 11 is 0. The molecule has 0 aromatic heterocycles. The first-order valence-corrected chi connectivity index (χ1v) is 15.1. The highest BCUT2D eigenvalue weighted by molar-refractivity contribution is 6.59. The van der Waals surface area contributed by atoms with Crippen LogP contribution in [-0.4, -0.2) is 8.80 Å². The summed E-state index contributed by atoms with van der Waals surface area (Å²) in [6.07, 6.45) is 32.5. The first kappa shape index (κ1) is 26.7. The smallest absolute Gasteiger partial charge is 0.0443 e. The summed E-state index contributed by atoms with van der Waals surface area (Å²) in [5.41, 5.74) is 0. The molecule has 0 fully saturated rings. The van der Waals surface area contributed by atoms with E-state index in [0.717, 1.165) is 0 Å². The molecule has 0 nitrogen and oxygen atoms in total. The zero-order valence-electron chi connectivity index (χ0n) is 19.3. The molecule has 0 unspecified atom stereocenters. The van der Waals surface area contributed by atoms with Gasteiger partial charge in [-0.1, -0.05) is 128 Å². The summed E-state index contributed by atoms with van der Waals surface area (Å²) in [7, 11) is -0.595. The van der Waals surface area contributed by atoms with Crippen molar-refractivity contribution in [3.63, 3.8) is 0 Å². The summed E-state index contributed by atoms with van der Waals surface area (Å²) < 4.78 is 0. The van der Waals surface area contributed by atoms with E-state index in [2.05, 4.69) is 45.1 Å². The van der Waals surface area contributed by atoms with Crippen LogP contribution in [0.25, 0.3) is 0 Å². The van der Waals surface area contributed by atoms with Gasteiger partial charge in [0.1, 0.15) is 0 Å². The second kappa shape index (κ2) is 23.7. The van der Waals surface area contributed by atoms with Crippen LogP contribution in [0.15, 0.2) is 24.3 Å². The molecule has 1 heteroatoms. The average Bonchev–Trinajstić information content (AvgIpc) is 2.68. The molecule has 0 N–H and O–H groups in total. The Bertz CT molecular complexity index is 296. The fourth-order valence-electron chi connectivity index (χ4n) is 3.74. The summed E-state index contributed by atoms with van der Waals surface area (Å²) in [6.45, 7) is 6.90. The van der Waals surface area contributed by atoms with Crippen LogP contribution in [0.3, 0.4) is 0 Å². The first-order valence-electron chi connectivity index (χ1n) is 12.6. The summed E-state index contributed by atoms with van der Waals surface area (Å²) in [4.78, 5) is 0. The Morgan fingerprint density at radius 3 is 1.33 bits per heavy atom. The predicted octanol–water partition coefficient (Wildman–Crippen LogP) is 9.63. The molecular formula is C26H52Si. The van der Waals surface area contributed by atoms with Gasteiger partial charge in [-0.15, -0.1) is 0 Å². The number of hydrogen-bond acceptors (Lipinski definition) is 0. The van der Waals surface area contributed by atoms with Crippen molar-refractivity contribution >= 4 is 8.80 Å². The largest absolute Gasteiger partial charge is 0.0914 e. The molecule has 0 bridgehead atoms. The van der Waals surface area contributed by atoms with E-state index in [9.17, 15) is 0 Å². The van der Waals surface area contributed by atoms with E-state index in [1.807, 2.05) is 0 Å². The molecule has 0 aromatic carbocycles. The van der Waals surface area contributed by atoms with Crippen LogP contribution in [0.1, 0.15) is 124 Å². The molecule has 0 aliphatic heterocycles. The van der Waals surface area contributed by atoms with Gasteiger partial charge in [0.2, 0.25) is 0 Å². The van der Waals surface area contributed by atoms with Crippen LogP contribution in [0, 0.1) is 0 Å². The van der Waals surface area contributed by atoms with Gasteiger partial charge in [0.05, 0.1) is 0 Å². The molecular weight excluding hydrogens is 340 g/mol. The lowest BCUT2D eigenvalue weighted by Gasteiger charge is -2.11. The second-order valence-corrected chi connectivity index (χ2v) is 11.8. The molecule has 27 heavy (non-hydrogen) atoms. The van der Waals surface area contributed by atoms with Crippen molar-refractivity contribution < 1.29 is 0 Å². The monoisotopic (exact) mass is 392 g/mol. The van der Waals surface area contributed by atoms with E-state index in [0.29, 0.717) is 0 Å². The highest BCUT2D eigenvalue weighted by atomic mass is 28.3. The van der Waals surface area contributed by atoms with E-state index in [1.54, 1.807) is 6.04 Å². The molecule has 0 saturated heterocycles.